The summed E-state index contributed by atoms with van der Waals surface area (Å²) in [6, 6.07) is 12.4. The number of nitrogens with zero attached hydrogens (tertiary/aromatic N) is 3. The van der Waals surface area contributed by atoms with Gasteiger partial charge in [-0.3, -0.25) is 0 Å². The van der Waals surface area contributed by atoms with Crippen LogP contribution in [0.15, 0.2) is 51.2 Å². The lowest BCUT2D eigenvalue weighted by Gasteiger charge is -2.35. The van der Waals surface area contributed by atoms with E-state index in [-0.39, 0.29) is 16.5 Å². The van der Waals surface area contributed by atoms with Gasteiger partial charge in [-0.05, 0) is 31.2 Å². The standard InChI is InChI=1S/C21H23N3O6S2/c1-3-29-21(25)17-14-18(30-22-17)19-7-8-20(31-19)32(26,27)24-11-9-23(10-12-24)15-5-4-6-16(13-15)28-2/h4-8,13-14H,3,9-12H2,1-2H3. The Hall–Kier alpha value is -2.89. The summed E-state index contributed by atoms with van der Waals surface area (Å²) in [4.78, 5) is 14.5. The van der Waals surface area contributed by atoms with Crippen molar-refractivity contribution in [2.75, 3.05) is 44.8 Å². The predicted molar refractivity (Wildman–Crippen MR) is 120 cm³/mol. The quantitative estimate of drug-likeness (QED) is 0.479. The molecule has 0 spiro atoms. The molecule has 0 atom stereocenters. The zero-order valence-corrected chi connectivity index (χ0v) is 19.3. The van der Waals surface area contributed by atoms with Crippen molar-refractivity contribution < 1.29 is 27.2 Å². The van der Waals surface area contributed by atoms with Crippen molar-refractivity contribution in [3.8, 4) is 16.4 Å². The van der Waals surface area contributed by atoms with Gasteiger partial charge in [0.25, 0.3) is 10.0 Å². The second-order valence-electron chi connectivity index (χ2n) is 7.01. The molecule has 0 unspecified atom stereocenters. The zero-order valence-electron chi connectivity index (χ0n) is 17.7. The van der Waals surface area contributed by atoms with Gasteiger partial charge in [-0.25, -0.2) is 13.2 Å². The second-order valence-corrected chi connectivity index (χ2v) is 10.3. The third-order valence-corrected chi connectivity index (χ3v) is 8.54. The lowest BCUT2D eigenvalue weighted by Crippen LogP contribution is -2.48. The Bertz CT molecular complexity index is 1200. The molecule has 1 fully saturated rings. The van der Waals surface area contributed by atoms with E-state index in [1.165, 1.54) is 10.4 Å². The summed E-state index contributed by atoms with van der Waals surface area (Å²) < 4.78 is 43.4. The van der Waals surface area contributed by atoms with Gasteiger partial charge in [-0.1, -0.05) is 11.2 Å². The first-order valence-electron chi connectivity index (χ1n) is 10.1. The third kappa shape index (κ3) is 4.50. The fourth-order valence-corrected chi connectivity index (χ4v) is 6.24. The van der Waals surface area contributed by atoms with Crippen LogP contribution in [-0.4, -0.2) is 63.7 Å². The summed E-state index contributed by atoms with van der Waals surface area (Å²) in [6.45, 7) is 3.84. The summed E-state index contributed by atoms with van der Waals surface area (Å²) in [5.74, 6) is 0.505. The van der Waals surface area contributed by atoms with Crippen LogP contribution < -0.4 is 9.64 Å². The van der Waals surface area contributed by atoms with E-state index < -0.39 is 16.0 Å². The second kappa shape index (κ2) is 9.31. The van der Waals surface area contributed by atoms with Gasteiger partial charge in [-0.2, -0.15) is 4.31 Å². The van der Waals surface area contributed by atoms with Gasteiger partial charge in [0.15, 0.2) is 11.5 Å². The van der Waals surface area contributed by atoms with Crippen molar-refractivity contribution in [3.05, 3.63) is 48.2 Å². The number of methoxy groups -OCH3 is 1. The number of aromatic nitrogens is 1. The van der Waals surface area contributed by atoms with Gasteiger partial charge in [0.1, 0.15) is 9.96 Å². The van der Waals surface area contributed by atoms with Crippen LogP contribution in [0.2, 0.25) is 0 Å². The zero-order chi connectivity index (χ0) is 22.7. The molecule has 3 aromatic rings. The van der Waals surface area contributed by atoms with Crippen molar-refractivity contribution in [1.82, 2.24) is 9.46 Å². The highest BCUT2D eigenvalue weighted by atomic mass is 32.2. The maximum atomic E-state index is 13.2. The van der Waals surface area contributed by atoms with Gasteiger partial charge in [-0.15, -0.1) is 11.3 Å². The largest absolute Gasteiger partial charge is 0.497 e. The predicted octanol–water partition coefficient (Wildman–Crippen LogP) is 3.10. The van der Waals surface area contributed by atoms with Crippen LogP contribution in [-0.2, 0) is 14.8 Å². The Kier molecular flexibility index (Phi) is 6.49. The Morgan fingerprint density at radius 1 is 1.16 bits per heavy atom. The lowest BCUT2D eigenvalue weighted by molar-refractivity contribution is 0.0514. The van der Waals surface area contributed by atoms with E-state index in [2.05, 4.69) is 10.1 Å². The smallest absolute Gasteiger partial charge is 0.360 e. The number of carbonyl (C=O) groups excluding carboxylic acids is 1. The number of benzene rings is 1. The summed E-state index contributed by atoms with van der Waals surface area (Å²) in [5.41, 5.74) is 1.05. The number of carbonyl (C=O) groups is 1. The number of anilines is 1. The van der Waals surface area contributed by atoms with Crippen molar-refractivity contribution in [2.45, 2.75) is 11.1 Å². The minimum absolute atomic E-state index is 0.0494. The number of hydrogen-bond acceptors (Lipinski definition) is 9. The molecule has 1 aromatic carbocycles. The molecule has 0 radical (unpaired) electrons. The van der Waals surface area contributed by atoms with Gasteiger partial charge < -0.3 is 18.9 Å². The lowest BCUT2D eigenvalue weighted by atomic mass is 10.2. The van der Waals surface area contributed by atoms with Crippen LogP contribution in [0.5, 0.6) is 5.75 Å². The van der Waals surface area contributed by atoms with Crippen LogP contribution in [0, 0.1) is 0 Å². The number of rotatable bonds is 7. The molecule has 0 N–H and O–H groups in total. The van der Waals surface area contributed by atoms with E-state index in [9.17, 15) is 13.2 Å². The fourth-order valence-electron chi connectivity index (χ4n) is 3.40. The molecule has 4 rings (SSSR count). The highest BCUT2D eigenvalue weighted by molar-refractivity contribution is 7.91. The van der Waals surface area contributed by atoms with Gasteiger partial charge in [0.05, 0.1) is 18.6 Å². The van der Waals surface area contributed by atoms with Crippen molar-refractivity contribution in [3.63, 3.8) is 0 Å². The third-order valence-electron chi connectivity index (χ3n) is 5.07. The summed E-state index contributed by atoms with van der Waals surface area (Å²) in [7, 11) is -2.02. The topological polar surface area (TPSA) is 102 Å². The van der Waals surface area contributed by atoms with Crippen molar-refractivity contribution in [1.29, 1.82) is 0 Å². The van der Waals surface area contributed by atoms with Crippen LogP contribution >= 0.6 is 11.3 Å². The minimum Gasteiger partial charge on any atom is -0.497 e. The first kappa shape index (κ1) is 22.3. The molecule has 0 bridgehead atoms. The summed E-state index contributed by atoms with van der Waals surface area (Å²) in [6.07, 6.45) is 0. The molecule has 11 heteroatoms. The Labute approximate surface area is 190 Å². The molecule has 170 valence electrons. The van der Waals surface area contributed by atoms with Gasteiger partial charge >= 0.3 is 5.97 Å². The molecule has 1 saturated heterocycles. The molecule has 3 heterocycles. The monoisotopic (exact) mass is 477 g/mol. The summed E-state index contributed by atoms with van der Waals surface area (Å²) >= 11 is 1.08. The SMILES string of the molecule is CCOC(=O)c1cc(-c2ccc(S(=O)(=O)N3CCN(c4cccc(OC)c4)CC3)s2)on1. The average Bonchev–Trinajstić information content (AvgIpc) is 3.50. The highest BCUT2D eigenvalue weighted by Crippen LogP contribution is 2.33. The molecule has 1 aliphatic rings. The maximum Gasteiger partial charge on any atom is 0.360 e. The molecule has 0 amide bonds. The summed E-state index contributed by atoms with van der Waals surface area (Å²) in [5, 5.41) is 3.70. The van der Waals surface area contributed by atoms with E-state index in [0.717, 1.165) is 22.8 Å². The number of ether oxygens (including phenoxy) is 2. The minimum atomic E-state index is -3.64. The number of hydrogen-bond donors (Lipinski definition) is 0. The van der Waals surface area contributed by atoms with E-state index in [4.69, 9.17) is 14.0 Å². The Balaban J connectivity index is 1.45. The van der Waals surface area contributed by atoms with E-state index >= 15 is 0 Å². The molecule has 2 aromatic heterocycles. The normalized spacial score (nSPS) is 15.0. The van der Waals surface area contributed by atoms with Crippen LogP contribution in [0.25, 0.3) is 10.6 Å². The van der Waals surface area contributed by atoms with Crippen LogP contribution in [0.1, 0.15) is 17.4 Å². The average molecular weight is 478 g/mol. The number of thiophene rings is 1. The maximum absolute atomic E-state index is 13.2. The molecule has 0 aliphatic carbocycles. The first-order chi connectivity index (χ1) is 15.4. The molecular formula is C21H23N3O6S2. The Morgan fingerprint density at radius 2 is 1.94 bits per heavy atom. The highest BCUT2D eigenvalue weighted by Gasteiger charge is 2.30. The van der Waals surface area contributed by atoms with Gasteiger partial charge in [0, 0.05) is 44.0 Å². The number of esters is 1. The fraction of sp³-hybridized carbons (Fsp3) is 0.333. The van der Waals surface area contributed by atoms with Crippen LogP contribution in [0.4, 0.5) is 5.69 Å². The number of piperazine rings is 1. The molecule has 1 aliphatic heterocycles. The van der Waals surface area contributed by atoms with E-state index in [1.807, 2.05) is 24.3 Å². The van der Waals surface area contributed by atoms with Crippen molar-refractivity contribution >= 4 is 33.0 Å². The molecular weight excluding hydrogens is 454 g/mol. The molecule has 0 saturated carbocycles. The van der Waals surface area contributed by atoms with E-state index in [0.29, 0.717) is 36.8 Å². The van der Waals surface area contributed by atoms with Crippen molar-refractivity contribution in [2.24, 2.45) is 0 Å². The Morgan fingerprint density at radius 3 is 2.66 bits per heavy atom. The van der Waals surface area contributed by atoms with Gasteiger partial charge in [0.2, 0.25) is 0 Å². The molecule has 9 nitrogen and oxygen atoms in total. The number of sulfonamides is 1. The van der Waals surface area contributed by atoms with Crippen LogP contribution in [0.3, 0.4) is 0 Å². The molecule has 32 heavy (non-hydrogen) atoms. The van der Waals surface area contributed by atoms with E-state index in [1.54, 1.807) is 26.2 Å². The first-order valence-corrected chi connectivity index (χ1v) is 12.3.